The monoisotopic (exact) mass is 459 g/mol. The Bertz CT molecular complexity index is 1430. The van der Waals surface area contributed by atoms with E-state index in [2.05, 4.69) is 15.2 Å². The van der Waals surface area contributed by atoms with Gasteiger partial charge in [0.2, 0.25) is 0 Å². The maximum Gasteiger partial charge on any atom is 0.335 e. The van der Waals surface area contributed by atoms with E-state index in [9.17, 15) is 18.3 Å². The number of aromatic carboxylic acids is 1. The fourth-order valence-corrected chi connectivity index (χ4v) is 5.73. The van der Waals surface area contributed by atoms with Gasteiger partial charge in [0.05, 0.1) is 28.1 Å². The van der Waals surface area contributed by atoms with Crippen LogP contribution in [0.5, 0.6) is 0 Å². The number of aromatic nitrogens is 3. The van der Waals surface area contributed by atoms with Gasteiger partial charge in [0.1, 0.15) is 0 Å². The van der Waals surface area contributed by atoms with Crippen LogP contribution >= 0.6 is 0 Å². The number of carbonyl (C=O) groups is 1. The number of pyridine rings is 1. The molecule has 33 heavy (non-hydrogen) atoms. The van der Waals surface area contributed by atoms with Crippen molar-refractivity contribution in [1.29, 1.82) is 0 Å². The third-order valence-corrected chi connectivity index (χ3v) is 7.55. The minimum absolute atomic E-state index is 0.0323. The number of hydrogen-bond acceptors (Lipinski definition) is 5. The Kier molecular flexibility index (Phi) is 5.30. The van der Waals surface area contributed by atoms with Gasteiger partial charge in [0.15, 0.2) is 9.84 Å². The first-order chi connectivity index (χ1) is 15.9. The molecule has 5 rings (SSSR count). The molecule has 166 valence electrons. The number of carboxylic acids is 1. The van der Waals surface area contributed by atoms with Gasteiger partial charge < -0.3 is 5.11 Å². The van der Waals surface area contributed by atoms with E-state index in [-0.39, 0.29) is 22.1 Å². The second-order valence-electron chi connectivity index (χ2n) is 8.16. The normalized spacial score (nSPS) is 13.7. The molecule has 0 saturated heterocycles. The van der Waals surface area contributed by atoms with Crippen molar-refractivity contribution >= 4 is 15.8 Å². The summed E-state index contributed by atoms with van der Waals surface area (Å²) in [5.74, 6) is -1.26. The topological polar surface area (TPSA) is 113 Å². The molecule has 1 saturated carbocycles. The lowest BCUT2D eigenvalue weighted by molar-refractivity contribution is 0.0696. The highest BCUT2D eigenvalue weighted by molar-refractivity contribution is 7.90. The van der Waals surface area contributed by atoms with Gasteiger partial charge in [-0.2, -0.15) is 5.10 Å². The highest BCUT2D eigenvalue weighted by atomic mass is 32.2. The zero-order valence-electron chi connectivity index (χ0n) is 17.6. The maximum atomic E-state index is 13.7. The van der Waals surface area contributed by atoms with Crippen molar-refractivity contribution < 1.29 is 18.3 Å². The van der Waals surface area contributed by atoms with Crippen molar-refractivity contribution in [2.24, 2.45) is 0 Å². The summed E-state index contributed by atoms with van der Waals surface area (Å²) in [5, 5.41) is 16.2. The number of benzene rings is 2. The molecule has 0 atom stereocenters. The molecule has 4 aromatic rings. The van der Waals surface area contributed by atoms with Crippen molar-refractivity contribution in [3.63, 3.8) is 0 Å². The minimum atomic E-state index is -3.84. The van der Waals surface area contributed by atoms with Gasteiger partial charge in [0.25, 0.3) is 0 Å². The zero-order valence-corrected chi connectivity index (χ0v) is 18.4. The number of H-pyrrole nitrogens is 1. The summed E-state index contributed by atoms with van der Waals surface area (Å²) < 4.78 is 27.4. The molecule has 7 nitrogen and oxygen atoms in total. The van der Waals surface area contributed by atoms with Crippen LogP contribution in [-0.4, -0.2) is 34.7 Å². The molecular weight excluding hydrogens is 438 g/mol. The summed E-state index contributed by atoms with van der Waals surface area (Å²) in [5.41, 5.74) is 4.32. The largest absolute Gasteiger partial charge is 0.478 e. The Balaban J connectivity index is 1.63. The Labute approximate surface area is 191 Å². The molecule has 2 aromatic carbocycles. The lowest BCUT2D eigenvalue weighted by Crippen LogP contribution is -2.11. The number of hydrogen-bond donors (Lipinski definition) is 2. The first kappa shape index (κ1) is 21.1. The molecule has 0 unspecified atom stereocenters. The number of aromatic amines is 1. The van der Waals surface area contributed by atoms with Crippen molar-refractivity contribution in [1.82, 2.24) is 15.2 Å². The van der Waals surface area contributed by atoms with Gasteiger partial charge in [-0.05, 0) is 65.8 Å². The Morgan fingerprint density at radius 3 is 2.58 bits per heavy atom. The van der Waals surface area contributed by atoms with Crippen molar-refractivity contribution in [2.45, 2.75) is 29.4 Å². The highest BCUT2D eigenvalue weighted by Gasteiger charge is 2.31. The van der Waals surface area contributed by atoms with Gasteiger partial charge in [-0.15, -0.1) is 0 Å². The highest BCUT2D eigenvalue weighted by Crippen LogP contribution is 2.44. The number of sulfone groups is 1. The molecule has 2 aromatic heterocycles. The van der Waals surface area contributed by atoms with Crippen molar-refractivity contribution in [3.8, 4) is 22.4 Å². The minimum Gasteiger partial charge on any atom is -0.478 e. The van der Waals surface area contributed by atoms with Gasteiger partial charge in [0, 0.05) is 23.5 Å². The fraction of sp³-hybridized carbons (Fsp3) is 0.160. The number of carboxylic acid groups (broad SMARTS) is 1. The summed E-state index contributed by atoms with van der Waals surface area (Å²) in [6, 6.07) is 15.5. The second kappa shape index (κ2) is 8.29. The molecule has 0 spiro atoms. The van der Waals surface area contributed by atoms with E-state index in [1.54, 1.807) is 30.7 Å². The number of nitrogens with one attached hydrogen (secondary N) is 1. The van der Waals surface area contributed by atoms with E-state index < -0.39 is 15.8 Å². The first-order valence-corrected chi connectivity index (χ1v) is 12.2. The third kappa shape index (κ3) is 4.29. The molecule has 1 aliphatic carbocycles. The molecule has 0 aliphatic heterocycles. The molecule has 0 amide bonds. The summed E-state index contributed by atoms with van der Waals surface area (Å²) in [7, 11) is -3.84. The second-order valence-corrected chi connectivity index (χ2v) is 10.1. The standard InChI is InChI=1S/C25H21N3O4S/c29-25(30)18-7-9-22(16-4-5-16)24(12-18)33(31,32)15-19-11-17(20-13-27-28-14-20)6-8-21(19)23-3-1-2-10-26-23/h1-3,6-14,16H,4-5,15H2,(H,27,28)(H,29,30). The van der Waals surface area contributed by atoms with Crippen LogP contribution in [0.1, 0.15) is 40.2 Å². The quantitative estimate of drug-likeness (QED) is 0.415. The molecule has 0 radical (unpaired) electrons. The van der Waals surface area contributed by atoms with Crippen LogP contribution in [0.4, 0.5) is 0 Å². The van der Waals surface area contributed by atoms with Gasteiger partial charge >= 0.3 is 5.97 Å². The van der Waals surface area contributed by atoms with Crippen molar-refractivity contribution in [2.75, 3.05) is 0 Å². The lowest BCUT2D eigenvalue weighted by atomic mass is 9.99. The van der Waals surface area contributed by atoms with Crippen LogP contribution < -0.4 is 0 Å². The zero-order chi connectivity index (χ0) is 23.0. The molecule has 8 heteroatoms. The summed E-state index contributed by atoms with van der Waals surface area (Å²) in [6.07, 6.45) is 6.90. The van der Waals surface area contributed by atoms with Crippen LogP contribution in [0, 0.1) is 0 Å². The Hall–Kier alpha value is -3.78. The first-order valence-electron chi connectivity index (χ1n) is 10.6. The Morgan fingerprint density at radius 1 is 1.06 bits per heavy atom. The molecule has 1 aliphatic rings. The van der Waals surface area contributed by atoms with Gasteiger partial charge in [-0.1, -0.05) is 24.3 Å². The molecule has 2 heterocycles. The van der Waals surface area contributed by atoms with Crippen molar-refractivity contribution in [3.05, 3.63) is 89.9 Å². The fourth-order valence-electron chi connectivity index (χ4n) is 4.02. The van der Waals surface area contributed by atoms with E-state index >= 15 is 0 Å². The smallest absolute Gasteiger partial charge is 0.335 e. The number of nitrogens with zero attached hydrogens (tertiary/aromatic N) is 2. The average Bonchev–Trinajstić information content (AvgIpc) is 3.52. The molecule has 0 bridgehead atoms. The molecule has 1 fully saturated rings. The van der Waals surface area contributed by atoms with Gasteiger partial charge in [-0.3, -0.25) is 10.1 Å². The maximum absolute atomic E-state index is 13.7. The van der Waals surface area contributed by atoms with E-state index in [0.29, 0.717) is 22.4 Å². The number of rotatable bonds is 7. The summed E-state index contributed by atoms with van der Waals surface area (Å²) >= 11 is 0. The van der Waals surface area contributed by atoms with Crippen LogP contribution in [0.2, 0.25) is 0 Å². The lowest BCUT2D eigenvalue weighted by Gasteiger charge is -2.15. The van der Waals surface area contributed by atoms with Gasteiger partial charge in [-0.25, -0.2) is 13.2 Å². The predicted octanol–water partition coefficient (Wildman–Crippen LogP) is 4.69. The van der Waals surface area contributed by atoms with E-state index in [0.717, 1.165) is 24.0 Å². The van der Waals surface area contributed by atoms with E-state index in [1.807, 2.05) is 30.3 Å². The van der Waals surface area contributed by atoms with Crippen LogP contribution in [0.15, 0.2) is 78.1 Å². The molecular formula is C25H21N3O4S. The summed E-state index contributed by atoms with van der Waals surface area (Å²) in [6.45, 7) is 0. The predicted molar refractivity (Wildman–Crippen MR) is 124 cm³/mol. The van der Waals surface area contributed by atoms with Crippen LogP contribution in [-0.2, 0) is 15.6 Å². The average molecular weight is 460 g/mol. The van der Waals surface area contributed by atoms with E-state index in [4.69, 9.17) is 0 Å². The molecule has 2 N–H and O–H groups in total. The third-order valence-electron chi connectivity index (χ3n) is 5.84. The SMILES string of the molecule is O=C(O)c1ccc(C2CC2)c(S(=O)(=O)Cc2cc(-c3cn[nH]c3)ccc2-c2ccccn2)c1. The summed E-state index contributed by atoms with van der Waals surface area (Å²) in [4.78, 5) is 16.0. The van der Waals surface area contributed by atoms with E-state index in [1.165, 1.54) is 12.1 Å². The van der Waals surface area contributed by atoms with Crippen LogP contribution in [0.25, 0.3) is 22.4 Å². The Morgan fingerprint density at radius 2 is 1.91 bits per heavy atom. The van der Waals surface area contributed by atoms with Crippen LogP contribution in [0.3, 0.4) is 0 Å².